The van der Waals surface area contributed by atoms with Crippen molar-refractivity contribution < 1.29 is 19.5 Å². The van der Waals surface area contributed by atoms with Gasteiger partial charge in [0.1, 0.15) is 5.75 Å². The Morgan fingerprint density at radius 2 is 2.13 bits per heavy atom. The fourth-order valence-corrected chi connectivity index (χ4v) is 0.881. The zero-order valence-corrected chi connectivity index (χ0v) is 8.21. The maximum absolute atomic E-state index is 10.1. The molecule has 15 heavy (non-hydrogen) atoms. The number of ether oxygens (including phenoxy) is 1. The minimum atomic E-state index is -1.05. The van der Waals surface area contributed by atoms with Crippen molar-refractivity contribution >= 4 is 12.2 Å². The highest BCUT2D eigenvalue weighted by Crippen LogP contribution is 2.09. The molecule has 1 aromatic rings. The van der Waals surface area contributed by atoms with Gasteiger partial charge in [-0.2, -0.15) is 0 Å². The van der Waals surface area contributed by atoms with Gasteiger partial charge in [-0.15, -0.1) is 0 Å². The van der Waals surface area contributed by atoms with Crippen LogP contribution in [0.3, 0.4) is 0 Å². The number of hydrogen-bond donors (Lipinski definition) is 1. The maximum Gasteiger partial charge on any atom is 0.344 e. The number of aliphatic carboxylic acids is 1. The summed E-state index contributed by atoms with van der Waals surface area (Å²) < 4.78 is 4.97. The molecule has 0 unspecified atom stereocenters. The summed E-state index contributed by atoms with van der Waals surface area (Å²) in [6.07, 6.45) is 1.43. The number of methoxy groups -OCH3 is 1. The molecule has 0 atom stereocenters. The van der Waals surface area contributed by atoms with Crippen molar-refractivity contribution in [2.75, 3.05) is 13.7 Å². The lowest BCUT2D eigenvalue weighted by molar-refractivity contribution is -0.142. The van der Waals surface area contributed by atoms with Crippen LogP contribution in [0.1, 0.15) is 5.56 Å². The van der Waals surface area contributed by atoms with Crippen LogP contribution in [-0.4, -0.2) is 31.0 Å². The summed E-state index contributed by atoms with van der Waals surface area (Å²) in [5.41, 5.74) is 0.807. The molecule has 0 spiro atoms. The third-order valence-electron chi connectivity index (χ3n) is 1.58. The van der Waals surface area contributed by atoms with E-state index in [1.165, 1.54) is 6.21 Å². The molecule has 0 heterocycles. The fraction of sp³-hybridized carbons (Fsp3) is 0.200. The molecule has 0 amide bonds. The second kappa shape index (κ2) is 5.64. The molecule has 0 fully saturated rings. The van der Waals surface area contributed by atoms with Gasteiger partial charge in [0.05, 0.1) is 13.3 Å². The number of rotatable bonds is 5. The van der Waals surface area contributed by atoms with E-state index in [1.54, 1.807) is 31.4 Å². The predicted molar refractivity (Wildman–Crippen MR) is 54.2 cm³/mol. The number of hydrogen-bond acceptors (Lipinski definition) is 4. The minimum absolute atomic E-state index is 0.438. The number of benzene rings is 1. The molecule has 0 saturated carbocycles. The Morgan fingerprint density at radius 1 is 1.47 bits per heavy atom. The van der Waals surface area contributed by atoms with E-state index >= 15 is 0 Å². The van der Waals surface area contributed by atoms with Gasteiger partial charge in [-0.3, -0.25) is 0 Å². The van der Waals surface area contributed by atoms with E-state index in [9.17, 15) is 4.79 Å². The van der Waals surface area contributed by atoms with Crippen LogP contribution in [0.4, 0.5) is 0 Å². The van der Waals surface area contributed by atoms with E-state index in [0.717, 1.165) is 11.3 Å². The Morgan fingerprint density at radius 3 is 2.67 bits per heavy atom. The number of carbonyl (C=O) groups is 1. The molecule has 0 aliphatic rings. The van der Waals surface area contributed by atoms with Crippen LogP contribution in [0, 0.1) is 0 Å². The van der Waals surface area contributed by atoms with E-state index < -0.39 is 12.6 Å². The van der Waals surface area contributed by atoms with Crippen LogP contribution in [0.2, 0.25) is 0 Å². The molecule has 0 saturated heterocycles. The summed E-state index contributed by atoms with van der Waals surface area (Å²) in [6, 6.07) is 7.12. The molecular formula is C10H11NO4. The van der Waals surface area contributed by atoms with Crippen LogP contribution in [0.25, 0.3) is 0 Å². The van der Waals surface area contributed by atoms with Gasteiger partial charge in [0.15, 0.2) is 0 Å². The first-order valence-corrected chi connectivity index (χ1v) is 4.23. The van der Waals surface area contributed by atoms with Crippen LogP contribution in [0.5, 0.6) is 5.75 Å². The van der Waals surface area contributed by atoms with Crippen molar-refractivity contribution in [3.05, 3.63) is 29.8 Å². The van der Waals surface area contributed by atoms with Gasteiger partial charge in [0, 0.05) is 0 Å². The molecule has 0 bridgehead atoms. The highest BCUT2D eigenvalue weighted by atomic mass is 16.6. The number of nitrogens with zero attached hydrogens (tertiary/aromatic N) is 1. The molecule has 1 aromatic carbocycles. The van der Waals surface area contributed by atoms with E-state index in [1.807, 2.05) is 0 Å². The summed E-state index contributed by atoms with van der Waals surface area (Å²) in [7, 11) is 1.58. The van der Waals surface area contributed by atoms with Crippen molar-refractivity contribution in [1.29, 1.82) is 0 Å². The Hall–Kier alpha value is -2.04. The zero-order chi connectivity index (χ0) is 11.1. The van der Waals surface area contributed by atoms with Crippen LogP contribution in [0.15, 0.2) is 29.4 Å². The molecule has 5 heteroatoms. The van der Waals surface area contributed by atoms with Crippen LogP contribution >= 0.6 is 0 Å². The minimum Gasteiger partial charge on any atom is -0.497 e. The van der Waals surface area contributed by atoms with E-state index in [-0.39, 0.29) is 0 Å². The van der Waals surface area contributed by atoms with Crippen molar-refractivity contribution in [3.8, 4) is 5.75 Å². The van der Waals surface area contributed by atoms with Crippen LogP contribution < -0.4 is 4.74 Å². The maximum atomic E-state index is 10.1. The first-order chi connectivity index (χ1) is 7.22. The monoisotopic (exact) mass is 209 g/mol. The lowest BCUT2D eigenvalue weighted by Crippen LogP contribution is -2.03. The second-order valence-corrected chi connectivity index (χ2v) is 2.67. The molecule has 5 nitrogen and oxygen atoms in total. The summed E-state index contributed by atoms with van der Waals surface area (Å²) in [5, 5.41) is 11.8. The average Bonchev–Trinajstić information content (AvgIpc) is 2.25. The largest absolute Gasteiger partial charge is 0.497 e. The summed E-state index contributed by atoms with van der Waals surface area (Å²) >= 11 is 0. The molecule has 80 valence electrons. The smallest absolute Gasteiger partial charge is 0.344 e. The molecule has 0 aromatic heterocycles. The zero-order valence-electron chi connectivity index (χ0n) is 8.21. The third-order valence-corrected chi connectivity index (χ3v) is 1.58. The second-order valence-electron chi connectivity index (χ2n) is 2.67. The Labute approximate surface area is 86.9 Å². The quantitative estimate of drug-likeness (QED) is 0.583. The fourth-order valence-electron chi connectivity index (χ4n) is 0.881. The molecule has 0 aliphatic carbocycles. The Bertz CT molecular complexity index is 345. The van der Waals surface area contributed by atoms with E-state index in [4.69, 9.17) is 9.84 Å². The van der Waals surface area contributed by atoms with E-state index in [2.05, 4.69) is 9.99 Å². The summed E-state index contributed by atoms with van der Waals surface area (Å²) in [4.78, 5) is 14.6. The third kappa shape index (κ3) is 4.12. The molecule has 0 aliphatic heterocycles. The summed E-state index contributed by atoms with van der Waals surface area (Å²) in [6.45, 7) is -0.438. The summed E-state index contributed by atoms with van der Waals surface area (Å²) in [5.74, 6) is -0.305. The topological polar surface area (TPSA) is 68.1 Å². The van der Waals surface area contributed by atoms with Gasteiger partial charge in [-0.25, -0.2) is 4.79 Å². The first kappa shape index (κ1) is 11.0. The molecule has 0 radical (unpaired) electrons. The lowest BCUT2D eigenvalue weighted by atomic mass is 10.2. The van der Waals surface area contributed by atoms with Gasteiger partial charge in [0.25, 0.3) is 0 Å². The standard InChI is InChI=1S/C10H11NO4/c1-14-9-4-2-8(3-5-9)6-11-15-7-10(12)13/h2-6H,7H2,1H3,(H,12,13). The molecule has 1 rings (SSSR count). The molecular weight excluding hydrogens is 198 g/mol. The van der Waals surface area contributed by atoms with Gasteiger partial charge in [-0.1, -0.05) is 5.16 Å². The van der Waals surface area contributed by atoms with E-state index in [0.29, 0.717) is 0 Å². The van der Waals surface area contributed by atoms with Crippen molar-refractivity contribution in [1.82, 2.24) is 0 Å². The van der Waals surface area contributed by atoms with Gasteiger partial charge < -0.3 is 14.7 Å². The highest BCUT2D eigenvalue weighted by Gasteiger charge is 1.94. The number of oxime groups is 1. The van der Waals surface area contributed by atoms with Crippen molar-refractivity contribution in [2.24, 2.45) is 5.16 Å². The predicted octanol–water partition coefficient (Wildman–Crippen LogP) is 1.13. The van der Waals surface area contributed by atoms with Crippen molar-refractivity contribution in [2.45, 2.75) is 0 Å². The van der Waals surface area contributed by atoms with Gasteiger partial charge in [0.2, 0.25) is 6.61 Å². The molecule has 1 N–H and O–H groups in total. The Balaban J connectivity index is 2.46. The van der Waals surface area contributed by atoms with Crippen LogP contribution in [-0.2, 0) is 9.63 Å². The average molecular weight is 209 g/mol. The van der Waals surface area contributed by atoms with Crippen molar-refractivity contribution in [3.63, 3.8) is 0 Å². The Kier molecular flexibility index (Phi) is 4.15. The van der Waals surface area contributed by atoms with Gasteiger partial charge >= 0.3 is 5.97 Å². The van der Waals surface area contributed by atoms with Gasteiger partial charge in [-0.05, 0) is 29.8 Å². The highest BCUT2D eigenvalue weighted by molar-refractivity contribution is 5.79. The number of carboxylic acid groups (broad SMARTS) is 1. The first-order valence-electron chi connectivity index (χ1n) is 4.23. The normalized spacial score (nSPS) is 10.2. The lowest BCUT2D eigenvalue weighted by Gasteiger charge is -1.98. The number of carboxylic acids is 1. The SMILES string of the molecule is COc1ccc(C=NOCC(=O)O)cc1.